The molecule has 10 heteroatoms. The molecule has 0 bridgehead atoms. The van der Waals surface area contributed by atoms with Gasteiger partial charge in [-0.15, -0.1) is 11.8 Å². The zero-order valence-electron chi connectivity index (χ0n) is 19.2. The molecule has 3 aromatic rings. The molecule has 1 aliphatic heterocycles. The predicted molar refractivity (Wildman–Crippen MR) is 129 cm³/mol. The summed E-state index contributed by atoms with van der Waals surface area (Å²) >= 11 is 1.31. The molecule has 1 aliphatic rings. The zero-order chi connectivity index (χ0) is 24.6. The first-order valence-corrected chi connectivity index (χ1v) is 12.1. The van der Waals surface area contributed by atoms with Gasteiger partial charge in [0.25, 0.3) is 0 Å². The molecular formula is C25H23FN6O2S. The third-order valence-electron chi connectivity index (χ3n) is 5.46. The van der Waals surface area contributed by atoms with E-state index in [1.807, 2.05) is 0 Å². The fourth-order valence-corrected chi connectivity index (χ4v) is 4.73. The van der Waals surface area contributed by atoms with E-state index in [0.29, 0.717) is 57.9 Å². The molecule has 8 nitrogen and oxygen atoms in total. The number of anilines is 1. The van der Waals surface area contributed by atoms with E-state index < -0.39 is 5.82 Å². The second-order valence-corrected chi connectivity index (χ2v) is 8.77. The average Bonchev–Trinajstić information content (AvgIpc) is 3.42. The van der Waals surface area contributed by atoms with Crippen LogP contribution in [-0.2, 0) is 10.5 Å². The zero-order valence-corrected chi connectivity index (χ0v) is 20.0. The number of ether oxygens (including phenoxy) is 2. The summed E-state index contributed by atoms with van der Waals surface area (Å²) in [7, 11) is 1.60. The van der Waals surface area contributed by atoms with E-state index in [1.54, 1.807) is 31.6 Å². The Morgan fingerprint density at radius 2 is 1.89 bits per heavy atom. The van der Waals surface area contributed by atoms with Crippen LogP contribution < -0.4 is 9.64 Å². The summed E-state index contributed by atoms with van der Waals surface area (Å²) in [5.74, 6) is 1.05. The van der Waals surface area contributed by atoms with Gasteiger partial charge in [0, 0.05) is 37.7 Å². The molecule has 0 amide bonds. The minimum atomic E-state index is -0.424. The molecule has 0 saturated carbocycles. The first-order chi connectivity index (χ1) is 17.1. The fourth-order valence-electron chi connectivity index (χ4n) is 3.82. The van der Waals surface area contributed by atoms with Gasteiger partial charge in [-0.3, -0.25) is 9.97 Å². The summed E-state index contributed by atoms with van der Waals surface area (Å²) in [5.41, 5.74) is 2.18. The summed E-state index contributed by atoms with van der Waals surface area (Å²) < 4.78 is 24.2. The van der Waals surface area contributed by atoms with Crippen molar-refractivity contribution in [3.63, 3.8) is 0 Å². The first-order valence-electron chi connectivity index (χ1n) is 11.1. The van der Waals surface area contributed by atoms with Gasteiger partial charge in [-0.05, 0) is 36.6 Å². The van der Waals surface area contributed by atoms with E-state index >= 15 is 0 Å². The second kappa shape index (κ2) is 11.6. The summed E-state index contributed by atoms with van der Waals surface area (Å²) in [6, 6.07) is 9.39. The van der Waals surface area contributed by atoms with Gasteiger partial charge in [0.2, 0.25) is 0 Å². The molecule has 35 heavy (non-hydrogen) atoms. The highest BCUT2D eigenvalue weighted by Crippen LogP contribution is 2.39. The molecule has 0 N–H and O–H groups in total. The molecule has 0 spiro atoms. The maximum Gasteiger partial charge on any atom is 0.148 e. The number of nitrogens with zero attached hydrogens (tertiary/aromatic N) is 6. The van der Waals surface area contributed by atoms with Crippen LogP contribution >= 0.6 is 11.8 Å². The molecule has 4 rings (SSSR count). The lowest BCUT2D eigenvalue weighted by Crippen LogP contribution is -2.21. The number of halogens is 1. The lowest BCUT2D eigenvalue weighted by molar-refractivity contribution is 0.146. The monoisotopic (exact) mass is 490 g/mol. The number of hydrogen-bond donors (Lipinski definition) is 0. The van der Waals surface area contributed by atoms with Crippen molar-refractivity contribution in [2.24, 2.45) is 0 Å². The minimum Gasteiger partial charge on any atom is -0.490 e. The van der Waals surface area contributed by atoms with Crippen molar-refractivity contribution in [2.75, 3.05) is 38.3 Å². The third kappa shape index (κ3) is 5.68. The van der Waals surface area contributed by atoms with Crippen molar-refractivity contribution in [2.45, 2.75) is 23.6 Å². The Morgan fingerprint density at radius 3 is 2.54 bits per heavy atom. The Hall–Kier alpha value is -3.73. The highest BCUT2D eigenvalue weighted by molar-refractivity contribution is 7.98. The lowest BCUT2D eigenvalue weighted by atomic mass is 10.0. The molecule has 0 aromatic carbocycles. The van der Waals surface area contributed by atoms with Crippen LogP contribution in [0.25, 0.3) is 11.3 Å². The number of hydrogen-bond acceptors (Lipinski definition) is 9. The molecule has 0 radical (unpaired) electrons. The van der Waals surface area contributed by atoms with Crippen molar-refractivity contribution in [1.82, 2.24) is 15.0 Å². The fraction of sp³-hybridized carbons (Fsp3) is 0.320. The number of aromatic nitrogens is 3. The van der Waals surface area contributed by atoms with Crippen molar-refractivity contribution in [3.8, 4) is 29.1 Å². The van der Waals surface area contributed by atoms with Crippen LogP contribution in [0.5, 0.6) is 5.75 Å². The van der Waals surface area contributed by atoms with Crippen LogP contribution in [0.1, 0.15) is 29.5 Å². The largest absolute Gasteiger partial charge is 0.490 e. The first kappa shape index (κ1) is 24.4. The van der Waals surface area contributed by atoms with Crippen LogP contribution in [0, 0.1) is 28.5 Å². The van der Waals surface area contributed by atoms with Crippen LogP contribution in [-0.4, -0.2) is 48.4 Å². The Labute approximate surface area is 207 Å². The Morgan fingerprint density at radius 1 is 1.09 bits per heavy atom. The van der Waals surface area contributed by atoms with Gasteiger partial charge in [0.1, 0.15) is 46.7 Å². The molecule has 0 unspecified atom stereocenters. The Bertz CT molecular complexity index is 1270. The summed E-state index contributed by atoms with van der Waals surface area (Å²) in [6.07, 6.45) is 6.30. The Kier molecular flexibility index (Phi) is 8.09. The number of pyridine rings is 3. The standard InChI is InChI=1S/C25H23FN6O2S/c1-33-8-9-34-19-4-5-22(30-15-19)23-20(11-27)24(32-6-2-3-7-32)31-25(21(23)12-28)35-16-17-10-18(26)14-29-13-17/h4-5,10,13-15H,2-3,6-9,16H2,1H3. The van der Waals surface area contributed by atoms with Crippen molar-refractivity contribution >= 4 is 17.6 Å². The molecule has 1 fully saturated rings. The maximum atomic E-state index is 13.6. The van der Waals surface area contributed by atoms with E-state index in [9.17, 15) is 14.9 Å². The number of nitriles is 2. The molecule has 1 saturated heterocycles. The van der Waals surface area contributed by atoms with Crippen molar-refractivity contribution in [3.05, 3.63) is 59.3 Å². The SMILES string of the molecule is COCCOc1ccc(-c2c(C#N)c(SCc3cncc(F)c3)nc(N3CCCC3)c2C#N)nc1. The molecule has 3 aromatic heterocycles. The second-order valence-electron chi connectivity index (χ2n) is 7.80. The van der Waals surface area contributed by atoms with Crippen LogP contribution in [0.4, 0.5) is 10.2 Å². The smallest absolute Gasteiger partial charge is 0.148 e. The molecular weight excluding hydrogens is 467 g/mol. The van der Waals surface area contributed by atoms with Crippen LogP contribution in [0.3, 0.4) is 0 Å². The quantitative estimate of drug-likeness (QED) is 0.320. The predicted octanol–water partition coefficient (Wildman–Crippen LogP) is 4.34. The normalized spacial score (nSPS) is 12.9. The molecule has 0 aliphatic carbocycles. The van der Waals surface area contributed by atoms with E-state index in [4.69, 9.17) is 14.5 Å². The van der Waals surface area contributed by atoms with E-state index in [1.165, 1.54) is 17.8 Å². The Balaban J connectivity index is 1.77. The highest BCUT2D eigenvalue weighted by Gasteiger charge is 2.26. The van der Waals surface area contributed by atoms with E-state index in [2.05, 4.69) is 27.0 Å². The van der Waals surface area contributed by atoms with Gasteiger partial charge in [0.05, 0.1) is 30.3 Å². The molecule has 4 heterocycles. The number of thioether (sulfide) groups is 1. The molecule has 178 valence electrons. The van der Waals surface area contributed by atoms with Crippen molar-refractivity contribution < 1.29 is 13.9 Å². The van der Waals surface area contributed by atoms with Crippen molar-refractivity contribution in [1.29, 1.82) is 10.5 Å². The van der Waals surface area contributed by atoms with E-state index in [0.717, 1.165) is 32.1 Å². The third-order valence-corrected chi connectivity index (χ3v) is 6.51. The summed E-state index contributed by atoms with van der Waals surface area (Å²) in [6.45, 7) is 2.40. The van der Waals surface area contributed by atoms with Gasteiger partial charge < -0.3 is 14.4 Å². The molecule has 0 atom stereocenters. The lowest BCUT2D eigenvalue weighted by Gasteiger charge is -2.21. The maximum absolute atomic E-state index is 13.6. The van der Waals surface area contributed by atoms with E-state index in [-0.39, 0.29) is 5.56 Å². The topological polar surface area (TPSA) is 108 Å². The number of rotatable bonds is 9. The van der Waals surface area contributed by atoms with Gasteiger partial charge in [-0.25, -0.2) is 9.37 Å². The van der Waals surface area contributed by atoms with Crippen LogP contribution in [0.15, 0.2) is 41.8 Å². The van der Waals surface area contributed by atoms with Gasteiger partial charge in [0.15, 0.2) is 0 Å². The van der Waals surface area contributed by atoms with Crippen LogP contribution in [0.2, 0.25) is 0 Å². The highest BCUT2D eigenvalue weighted by atomic mass is 32.2. The summed E-state index contributed by atoms with van der Waals surface area (Å²) in [5, 5.41) is 20.7. The average molecular weight is 491 g/mol. The summed E-state index contributed by atoms with van der Waals surface area (Å²) in [4.78, 5) is 15.2. The minimum absolute atomic E-state index is 0.263. The van der Waals surface area contributed by atoms with Gasteiger partial charge in [-0.2, -0.15) is 10.5 Å². The number of methoxy groups -OCH3 is 1. The van der Waals surface area contributed by atoms with Gasteiger partial charge >= 0.3 is 0 Å². The van der Waals surface area contributed by atoms with Gasteiger partial charge in [-0.1, -0.05) is 0 Å².